The average Bonchev–Trinajstić information content (AvgIpc) is 2.49. The van der Waals surface area contributed by atoms with Crippen molar-refractivity contribution in [1.29, 1.82) is 0 Å². The highest BCUT2D eigenvalue weighted by atomic mass is 16.1. The number of aromatic nitrogens is 1. The molecule has 0 bridgehead atoms. The van der Waals surface area contributed by atoms with Crippen LogP contribution in [0.1, 0.15) is 44.2 Å². The predicted molar refractivity (Wildman–Crippen MR) is 76.4 cm³/mol. The smallest absolute Gasteiger partial charge is 0.226 e. The fourth-order valence-corrected chi connectivity index (χ4v) is 3.45. The second kappa shape index (κ2) is 4.51. The molecule has 1 aromatic rings. The van der Waals surface area contributed by atoms with Crippen molar-refractivity contribution in [3.8, 4) is 0 Å². The normalized spacial score (nSPS) is 21.8. The topological polar surface area (TPSA) is 45.2 Å². The van der Waals surface area contributed by atoms with Gasteiger partial charge in [-0.25, -0.2) is 4.98 Å². The minimum Gasteiger partial charge on any atom is -0.352 e. The number of aryl methyl sites for hydroxylation is 1. The van der Waals surface area contributed by atoms with Crippen molar-refractivity contribution in [1.82, 2.24) is 4.98 Å². The van der Waals surface area contributed by atoms with Gasteiger partial charge in [-0.2, -0.15) is 0 Å². The third-order valence-corrected chi connectivity index (χ3v) is 4.59. The van der Waals surface area contributed by atoms with E-state index in [9.17, 15) is 4.79 Å². The van der Waals surface area contributed by atoms with E-state index in [1.165, 1.54) is 19.3 Å². The molecule has 2 aliphatic rings. The molecule has 1 spiro atoms. The van der Waals surface area contributed by atoms with E-state index in [0.717, 1.165) is 30.0 Å². The first-order valence-electron chi connectivity index (χ1n) is 7.12. The second-order valence-electron chi connectivity index (χ2n) is 5.89. The SMILES string of the molecule is Cc1ccc2c(n1)N(C)C1(CCCCC1)CC(=O)N2. The Morgan fingerprint density at radius 3 is 2.74 bits per heavy atom. The first-order chi connectivity index (χ1) is 9.11. The number of carbonyl (C=O) groups is 1. The van der Waals surface area contributed by atoms with Crippen LogP contribution in [0.5, 0.6) is 0 Å². The van der Waals surface area contributed by atoms with Crippen LogP contribution in [0.25, 0.3) is 0 Å². The zero-order chi connectivity index (χ0) is 13.5. The Balaban J connectivity index is 2.07. The van der Waals surface area contributed by atoms with Crippen LogP contribution < -0.4 is 10.2 Å². The van der Waals surface area contributed by atoms with E-state index in [0.29, 0.717) is 6.42 Å². The summed E-state index contributed by atoms with van der Waals surface area (Å²) in [4.78, 5) is 19.1. The van der Waals surface area contributed by atoms with Crippen LogP contribution in [0.15, 0.2) is 12.1 Å². The van der Waals surface area contributed by atoms with Crippen molar-refractivity contribution in [3.63, 3.8) is 0 Å². The zero-order valence-corrected chi connectivity index (χ0v) is 11.7. The monoisotopic (exact) mass is 259 g/mol. The Kier molecular flexibility index (Phi) is 2.96. The van der Waals surface area contributed by atoms with Gasteiger partial charge in [0, 0.05) is 12.7 Å². The molecule has 0 atom stereocenters. The van der Waals surface area contributed by atoms with E-state index in [4.69, 9.17) is 0 Å². The summed E-state index contributed by atoms with van der Waals surface area (Å²) in [6, 6.07) is 3.92. The van der Waals surface area contributed by atoms with E-state index in [2.05, 4.69) is 22.2 Å². The number of carbonyl (C=O) groups excluding carboxylic acids is 1. The fourth-order valence-electron chi connectivity index (χ4n) is 3.45. The van der Waals surface area contributed by atoms with Gasteiger partial charge in [-0.05, 0) is 31.9 Å². The maximum atomic E-state index is 12.2. The lowest BCUT2D eigenvalue weighted by atomic mass is 9.78. The Hall–Kier alpha value is -1.58. The standard InChI is InChI=1S/C15H21N3O/c1-11-6-7-12-14(16-11)18(2)15(10-13(19)17-12)8-4-3-5-9-15/h6-7H,3-5,8-10H2,1-2H3,(H,17,19). The summed E-state index contributed by atoms with van der Waals surface area (Å²) in [5, 5.41) is 3.01. The summed E-state index contributed by atoms with van der Waals surface area (Å²) in [5.41, 5.74) is 1.81. The van der Waals surface area contributed by atoms with Crippen molar-refractivity contribution in [2.45, 2.75) is 51.0 Å². The first-order valence-corrected chi connectivity index (χ1v) is 7.12. The zero-order valence-electron chi connectivity index (χ0n) is 11.7. The van der Waals surface area contributed by atoms with Gasteiger partial charge in [0.05, 0.1) is 17.6 Å². The van der Waals surface area contributed by atoms with Crippen molar-refractivity contribution in [3.05, 3.63) is 17.8 Å². The van der Waals surface area contributed by atoms with Crippen LogP contribution >= 0.6 is 0 Å². The lowest BCUT2D eigenvalue weighted by Crippen LogP contribution is -2.49. The van der Waals surface area contributed by atoms with Crippen LogP contribution in [-0.4, -0.2) is 23.5 Å². The molecular formula is C15H21N3O. The van der Waals surface area contributed by atoms with Crippen LogP contribution in [0.4, 0.5) is 11.5 Å². The van der Waals surface area contributed by atoms with Crippen molar-refractivity contribution < 1.29 is 4.79 Å². The van der Waals surface area contributed by atoms with E-state index >= 15 is 0 Å². The Labute approximate surface area is 114 Å². The molecule has 1 aromatic heterocycles. The molecule has 4 heteroatoms. The molecule has 1 aliphatic carbocycles. The van der Waals surface area contributed by atoms with E-state index in [1.807, 2.05) is 19.1 Å². The van der Waals surface area contributed by atoms with Gasteiger partial charge in [-0.15, -0.1) is 0 Å². The van der Waals surface area contributed by atoms with Crippen LogP contribution in [0, 0.1) is 6.92 Å². The fraction of sp³-hybridized carbons (Fsp3) is 0.600. The third-order valence-electron chi connectivity index (χ3n) is 4.59. The van der Waals surface area contributed by atoms with Crippen molar-refractivity contribution in [2.75, 3.05) is 17.3 Å². The lowest BCUT2D eigenvalue weighted by Gasteiger charge is -2.44. The highest BCUT2D eigenvalue weighted by Crippen LogP contribution is 2.42. The summed E-state index contributed by atoms with van der Waals surface area (Å²) < 4.78 is 0. The van der Waals surface area contributed by atoms with E-state index in [-0.39, 0.29) is 11.4 Å². The van der Waals surface area contributed by atoms with Gasteiger partial charge in [0.15, 0.2) is 5.82 Å². The Morgan fingerprint density at radius 1 is 1.26 bits per heavy atom. The number of nitrogens with one attached hydrogen (secondary N) is 1. The van der Waals surface area contributed by atoms with E-state index in [1.54, 1.807) is 0 Å². The molecule has 1 N–H and O–H groups in total. The largest absolute Gasteiger partial charge is 0.352 e. The van der Waals surface area contributed by atoms with Gasteiger partial charge < -0.3 is 10.2 Å². The number of hydrogen-bond acceptors (Lipinski definition) is 3. The highest BCUT2D eigenvalue weighted by molar-refractivity contribution is 5.96. The molecule has 1 amide bonds. The summed E-state index contributed by atoms with van der Waals surface area (Å²) in [6.45, 7) is 1.99. The van der Waals surface area contributed by atoms with E-state index < -0.39 is 0 Å². The summed E-state index contributed by atoms with van der Waals surface area (Å²) >= 11 is 0. The highest BCUT2D eigenvalue weighted by Gasteiger charge is 2.41. The molecule has 0 radical (unpaired) electrons. The number of anilines is 2. The molecule has 0 saturated heterocycles. The first kappa shape index (κ1) is 12.5. The van der Waals surface area contributed by atoms with Crippen molar-refractivity contribution in [2.24, 2.45) is 0 Å². The molecular weight excluding hydrogens is 238 g/mol. The molecule has 1 saturated carbocycles. The molecule has 102 valence electrons. The Bertz CT molecular complexity index is 506. The molecule has 19 heavy (non-hydrogen) atoms. The van der Waals surface area contributed by atoms with Crippen LogP contribution in [-0.2, 0) is 4.79 Å². The second-order valence-corrected chi connectivity index (χ2v) is 5.89. The summed E-state index contributed by atoms with van der Waals surface area (Å²) in [7, 11) is 2.09. The van der Waals surface area contributed by atoms with Gasteiger partial charge in [0.25, 0.3) is 0 Å². The maximum absolute atomic E-state index is 12.2. The number of rotatable bonds is 0. The number of hydrogen-bond donors (Lipinski definition) is 1. The third kappa shape index (κ3) is 2.09. The van der Waals surface area contributed by atoms with Crippen LogP contribution in [0.3, 0.4) is 0 Å². The van der Waals surface area contributed by atoms with Gasteiger partial charge in [0.1, 0.15) is 0 Å². The Morgan fingerprint density at radius 2 is 2.00 bits per heavy atom. The molecule has 0 aromatic carbocycles. The number of amides is 1. The van der Waals surface area contributed by atoms with Gasteiger partial charge >= 0.3 is 0 Å². The molecule has 0 unspecified atom stereocenters. The molecule has 2 heterocycles. The van der Waals surface area contributed by atoms with Crippen molar-refractivity contribution >= 4 is 17.4 Å². The molecule has 1 fully saturated rings. The lowest BCUT2D eigenvalue weighted by molar-refractivity contribution is -0.117. The number of pyridine rings is 1. The number of fused-ring (bicyclic) bond motifs is 1. The quantitative estimate of drug-likeness (QED) is 0.779. The summed E-state index contributed by atoms with van der Waals surface area (Å²) in [5.74, 6) is 1.05. The average molecular weight is 259 g/mol. The van der Waals surface area contributed by atoms with Gasteiger partial charge in [0.2, 0.25) is 5.91 Å². The predicted octanol–water partition coefficient (Wildman–Crippen LogP) is 2.87. The number of nitrogens with zero attached hydrogens (tertiary/aromatic N) is 2. The minimum atomic E-state index is -0.0334. The van der Waals surface area contributed by atoms with Crippen LogP contribution in [0.2, 0.25) is 0 Å². The minimum absolute atomic E-state index is 0.0334. The summed E-state index contributed by atoms with van der Waals surface area (Å²) in [6.07, 6.45) is 6.46. The maximum Gasteiger partial charge on any atom is 0.226 e. The van der Waals surface area contributed by atoms with Gasteiger partial charge in [-0.3, -0.25) is 4.79 Å². The van der Waals surface area contributed by atoms with Gasteiger partial charge in [-0.1, -0.05) is 19.3 Å². The molecule has 4 nitrogen and oxygen atoms in total. The molecule has 3 rings (SSSR count). The molecule has 1 aliphatic heterocycles.